The van der Waals surface area contributed by atoms with E-state index in [1.807, 2.05) is 43.4 Å². The molecule has 1 unspecified atom stereocenters. The average Bonchev–Trinajstić information content (AvgIpc) is 2.44. The van der Waals surface area contributed by atoms with E-state index in [9.17, 15) is 0 Å². The lowest BCUT2D eigenvalue weighted by atomic mass is 10.1. The van der Waals surface area contributed by atoms with Crippen molar-refractivity contribution >= 4 is 27.5 Å². The van der Waals surface area contributed by atoms with Gasteiger partial charge in [-0.2, -0.15) is 0 Å². The first-order chi connectivity index (χ1) is 9.61. The SMILES string of the molecule is CN(Cc1ccccn1)C(CN)c1ccc(Br)c(Cl)c1. The smallest absolute Gasteiger partial charge is 0.0551 e. The highest BCUT2D eigenvalue weighted by Gasteiger charge is 2.17. The third-order valence-electron chi connectivity index (χ3n) is 3.22. The van der Waals surface area contributed by atoms with Crippen molar-refractivity contribution in [1.29, 1.82) is 0 Å². The van der Waals surface area contributed by atoms with E-state index in [1.165, 1.54) is 0 Å². The molecule has 0 aliphatic carbocycles. The molecular weight excluding hydrogens is 338 g/mol. The molecule has 0 aliphatic rings. The number of hydrogen-bond donors (Lipinski definition) is 1. The van der Waals surface area contributed by atoms with Gasteiger partial charge in [-0.1, -0.05) is 23.7 Å². The molecule has 0 saturated heterocycles. The van der Waals surface area contributed by atoms with Gasteiger partial charge in [-0.05, 0) is 52.8 Å². The van der Waals surface area contributed by atoms with Crippen molar-refractivity contribution in [3.8, 4) is 0 Å². The maximum absolute atomic E-state index is 6.16. The largest absolute Gasteiger partial charge is 0.329 e. The van der Waals surface area contributed by atoms with Gasteiger partial charge < -0.3 is 5.73 Å². The van der Waals surface area contributed by atoms with Crippen LogP contribution in [0, 0.1) is 0 Å². The van der Waals surface area contributed by atoms with E-state index in [0.29, 0.717) is 11.6 Å². The van der Waals surface area contributed by atoms with Crippen LogP contribution in [0.1, 0.15) is 17.3 Å². The van der Waals surface area contributed by atoms with Gasteiger partial charge in [-0.25, -0.2) is 0 Å². The fraction of sp³-hybridized carbons (Fsp3) is 0.267. The quantitative estimate of drug-likeness (QED) is 0.891. The molecule has 0 aliphatic heterocycles. The van der Waals surface area contributed by atoms with Gasteiger partial charge in [0, 0.05) is 29.8 Å². The number of halogens is 2. The van der Waals surface area contributed by atoms with Crippen LogP contribution in [0.2, 0.25) is 5.02 Å². The van der Waals surface area contributed by atoms with E-state index in [-0.39, 0.29) is 6.04 Å². The molecule has 106 valence electrons. The van der Waals surface area contributed by atoms with Crippen LogP contribution in [0.5, 0.6) is 0 Å². The van der Waals surface area contributed by atoms with Crippen LogP contribution >= 0.6 is 27.5 Å². The van der Waals surface area contributed by atoms with Crippen molar-refractivity contribution in [3.63, 3.8) is 0 Å². The maximum Gasteiger partial charge on any atom is 0.0551 e. The summed E-state index contributed by atoms with van der Waals surface area (Å²) in [6.07, 6.45) is 1.80. The predicted octanol–water partition coefficient (Wildman–Crippen LogP) is 3.63. The molecule has 0 bridgehead atoms. The summed E-state index contributed by atoms with van der Waals surface area (Å²) in [5, 5.41) is 0.701. The van der Waals surface area contributed by atoms with Gasteiger partial charge in [-0.15, -0.1) is 0 Å². The standard InChI is InChI=1S/C15H17BrClN3/c1-20(10-12-4-2-3-7-19-12)15(9-18)11-5-6-13(16)14(17)8-11/h2-8,15H,9-10,18H2,1H3. The first-order valence-electron chi connectivity index (χ1n) is 6.37. The van der Waals surface area contributed by atoms with E-state index < -0.39 is 0 Å². The second-order valence-electron chi connectivity index (χ2n) is 4.66. The van der Waals surface area contributed by atoms with Crippen LogP contribution in [-0.2, 0) is 6.54 Å². The summed E-state index contributed by atoms with van der Waals surface area (Å²) < 4.78 is 0.895. The van der Waals surface area contributed by atoms with Gasteiger partial charge >= 0.3 is 0 Å². The summed E-state index contributed by atoms with van der Waals surface area (Å²) >= 11 is 9.57. The molecule has 2 N–H and O–H groups in total. The number of benzene rings is 1. The Bertz CT molecular complexity index is 562. The van der Waals surface area contributed by atoms with Crippen LogP contribution < -0.4 is 5.73 Å². The summed E-state index contributed by atoms with van der Waals surface area (Å²) in [5.74, 6) is 0. The molecule has 3 nitrogen and oxygen atoms in total. The summed E-state index contributed by atoms with van der Waals surface area (Å²) in [5.41, 5.74) is 8.07. The maximum atomic E-state index is 6.16. The molecular formula is C15H17BrClN3. The Morgan fingerprint density at radius 1 is 1.35 bits per heavy atom. The second kappa shape index (κ2) is 7.18. The van der Waals surface area contributed by atoms with E-state index in [2.05, 4.69) is 25.8 Å². The van der Waals surface area contributed by atoms with Crippen molar-refractivity contribution in [3.05, 3.63) is 63.3 Å². The van der Waals surface area contributed by atoms with Crippen molar-refractivity contribution in [2.75, 3.05) is 13.6 Å². The molecule has 0 fully saturated rings. The molecule has 2 aromatic rings. The minimum atomic E-state index is 0.114. The van der Waals surface area contributed by atoms with E-state index in [4.69, 9.17) is 17.3 Å². The van der Waals surface area contributed by atoms with Crippen LogP contribution in [-0.4, -0.2) is 23.5 Å². The zero-order valence-electron chi connectivity index (χ0n) is 11.3. The first kappa shape index (κ1) is 15.4. The first-order valence-corrected chi connectivity index (χ1v) is 7.54. The molecule has 0 amide bonds. The lowest BCUT2D eigenvalue weighted by Crippen LogP contribution is -2.30. The zero-order chi connectivity index (χ0) is 14.5. The normalized spacial score (nSPS) is 12.7. The van der Waals surface area contributed by atoms with Crippen LogP contribution in [0.4, 0.5) is 0 Å². The van der Waals surface area contributed by atoms with Crippen molar-refractivity contribution in [1.82, 2.24) is 9.88 Å². The highest BCUT2D eigenvalue weighted by molar-refractivity contribution is 9.10. The minimum absolute atomic E-state index is 0.114. The zero-order valence-corrected chi connectivity index (χ0v) is 13.6. The Labute approximate surface area is 132 Å². The topological polar surface area (TPSA) is 42.2 Å². The van der Waals surface area contributed by atoms with E-state index in [0.717, 1.165) is 22.3 Å². The van der Waals surface area contributed by atoms with Gasteiger partial charge in [0.05, 0.1) is 10.7 Å². The minimum Gasteiger partial charge on any atom is -0.329 e. The molecule has 1 aromatic heterocycles. The van der Waals surface area contributed by atoms with Crippen molar-refractivity contribution < 1.29 is 0 Å². The van der Waals surface area contributed by atoms with Gasteiger partial charge in [0.15, 0.2) is 0 Å². The lowest BCUT2D eigenvalue weighted by molar-refractivity contribution is 0.239. The number of nitrogens with two attached hydrogens (primary N) is 1. The fourth-order valence-electron chi connectivity index (χ4n) is 2.15. The molecule has 20 heavy (non-hydrogen) atoms. The third kappa shape index (κ3) is 3.79. The Hall–Kier alpha value is -0.940. The number of hydrogen-bond acceptors (Lipinski definition) is 3. The summed E-state index contributed by atoms with van der Waals surface area (Å²) in [6, 6.07) is 12.0. The van der Waals surface area contributed by atoms with Gasteiger partial charge in [0.1, 0.15) is 0 Å². The monoisotopic (exact) mass is 353 g/mol. The lowest BCUT2D eigenvalue weighted by Gasteiger charge is -2.27. The van der Waals surface area contributed by atoms with Gasteiger partial charge in [0.2, 0.25) is 0 Å². The summed E-state index contributed by atoms with van der Waals surface area (Å²) in [4.78, 5) is 6.53. The summed E-state index contributed by atoms with van der Waals surface area (Å²) in [7, 11) is 2.04. The summed E-state index contributed by atoms with van der Waals surface area (Å²) in [6.45, 7) is 1.28. The number of nitrogens with zero attached hydrogens (tertiary/aromatic N) is 2. The third-order valence-corrected chi connectivity index (χ3v) is 4.45. The molecule has 0 radical (unpaired) electrons. The van der Waals surface area contributed by atoms with E-state index >= 15 is 0 Å². The van der Waals surface area contributed by atoms with Gasteiger partial charge in [-0.3, -0.25) is 9.88 Å². The second-order valence-corrected chi connectivity index (χ2v) is 5.92. The van der Waals surface area contributed by atoms with Gasteiger partial charge in [0.25, 0.3) is 0 Å². The molecule has 1 aromatic carbocycles. The number of pyridine rings is 1. The molecule has 5 heteroatoms. The molecule has 1 heterocycles. The Balaban J connectivity index is 2.16. The fourth-order valence-corrected chi connectivity index (χ4v) is 2.58. The number of aromatic nitrogens is 1. The molecule has 2 rings (SSSR count). The molecule has 0 spiro atoms. The average molecular weight is 355 g/mol. The highest BCUT2D eigenvalue weighted by atomic mass is 79.9. The predicted molar refractivity (Wildman–Crippen MR) is 86.7 cm³/mol. The number of rotatable bonds is 5. The van der Waals surface area contributed by atoms with Crippen LogP contribution in [0.25, 0.3) is 0 Å². The number of likely N-dealkylation sites (N-methyl/N-ethyl adjacent to an activating group) is 1. The Kier molecular flexibility index (Phi) is 5.54. The van der Waals surface area contributed by atoms with Crippen molar-refractivity contribution in [2.24, 2.45) is 5.73 Å². The Morgan fingerprint density at radius 3 is 2.75 bits per heavy atom. The van der Waals surface area contributed by atoms with Crippen molar-refractivity contribution in [2.45, 2.75) is 12.6 Å². The highest BCUT2D eigenvalue weighted by Crippen LogP contribution is 2.28. The van der Waals surface area contributed by atoms with E-state index in [1.54, 1.807) is 6.20 Å². The van der Waals surface area contributed by atoms with Crippen LogP contribution in [0.3, 0.4) is 0 Å². The van der Waals surface area contributed by atoms with Crippen LogP contribution in [0.15, 0.2) is 47.1 Å². The molecule has 0 saturated carbocycles. The molecule has 1 atom stereocenters. The Morgan fingerprint density at radius 2 is 2.15 bits per heavy atom.